The van der Waals surface area contributed by atoms with E-state index in [9.17, 15) is 4.79 Å². The molecule has 1 N–H and O–H groups in total. The number of aryl methyl sites for hydroxylation is 1. The van der Waals surface area contributed by atoms with Crippen LogP contribution in [0.4, 0.5) is 0 Å². The van der Waals surface area contributed by atoms with E-state index < -0.39 is 0 Å². The molecule has 0 aromatic carbocycles. The monoisotopic (exact) mass is 191 g/mol. The Balaban J connectivity index is 2.38. The van der Waals surface area contributed by atoms with Crippen molar-refractivity contribution < 1.29 is 4.79 Å². The predicted molar refractivity (Wildman–Crippen MR) is 48.6 cm³/mol. The minimum atomic E-state index is -0.0485. The third-order valence-corrected chi connectivity index (χ3v) is 1.80. The molecule has 72 valence electrons. The topological polar surface area (TPSA) is 76.5 Å². The Morgan fingerprint density at radius 1 is 1.57 bits per heavy atom. The van der Waals surface area contributed by atoms with E-state index in [2.05, 4.69) is 20.3 Å². The highest BCUT2D eigenvalue weighted by Crippen LogP contribution is 2.11. The summed E-state index contributed by atoms with van der Waals surface area (Å²) >= 11 is 0. The molecule has 0 bridgehead atoms. The standard InChI is InChI=1S/C8H9N5O/c1-5(14)6-3-9-8(10-6)7-4-13(2)12-11-7/h3-4H,1-2H3,(H,9,10). The van der Waals surface area contributed by atoms with Crippen molar-refractivity contribution in [1.29, 1.82) is 0 Å². The Hall–Kier alpha value is -1.98. The zero-order valence-corrected chi connectivity index (χ0v) is 7.85. The van der Waals surface area contributed by atoms with Crippen LogP contribution >= 0.6 is 0 Å². The molecule has 2 aromatic rings. The minimum absolute atomic E-state index is 0.0485. The lowest BCUT2D eigenvalue weighted by atomic mass is 10.3. The van der Waals surface area contributed by atoms with Gasteiger partial charge in [-0.05, 0) is 0 Å². The second kappa shape index (κ2) is 3.06. The molecule has 0 radical (unpaired) electrons. The number of hydrogen-bond acceptors (Lipinski definition) is 4. The van der Waals surface area contributed by atoms with Gasteiger partial charge in [0.2, 0.25) is 0 Å². The van der Waals surface area contributed by atoms with Gasteiger partial charge in [0.15, 0.2) is 11.6 Å². The fraction of sp³-hybridized carbons (Fsp3) is 0.250. The molecule has 0 fully saturated rings. The second-order valence-corrected chi connectivity index (χ2v) is 2.98. The van der Waals surface area contributed by atoms with Crippen LogP contribution in [0.1, 0.15) is 17.4 Å². The molecule has 0 saturated carbocycles. The Bertz CT molecular complexity index is 470. The molecule has 0 saturated heterocycles. The number of H-pyrrole nitrogens is 1. The minimum Gasteiger partial charge on any atom is -0.334 e. The highest BCUT2D eigenvalue weighted by molar-refractivity contribution is 5.92. The average Bonchev–Trinajstić information content (AvgIpc) is 2.70. The van der Waals surface area contributed by atoms with Crippen LogP contribution in [-0.2, 0) is 7.05 Å². The summed E-state index contributed by atoms with van der Waals surface area (Å²) in [6.45, 7) is 1.48. The Morgan fingerprint density at radius 3 is 2.86 bits per heavy atom. The molecule has 2 heterocycles. The summed E-state index contributed by atoms with van der Waals surface area (Å²) in [7, 11) is 1.77. The number of aromatic nitrogens is 5. The van der Waals surface area contributed by atoms with E-state index in [1.54, 1.807) is 17.9 Å². The van der Waals surface area contributed by atoms with Gasteiger partial charge in [-0.1, -0.05) is 5.21 Å². The number of aromatic amines is 1. The normalized spacial score (nSPS) is 10.4. The first-order valence-corrected chi connectivity index (χ1v) is 4.09. The summed E-state index contributed by atoms with van der Waals surface area (Å²) in [5.41, 5.74) is 1.10. The van der Waals surface area contributed by atoms with Crippen molar-refractivity contribution >= 4 is 5.78 Å². The van der Waals surface area contributed by atoms with Gasteiger partial charge < -0.3 is 4.98 Å². The molecule has 0 aliphatic carbocycles. The number of nitrogens with one attached hydrogen (secondary N) is 1. The number of carbonyl (C=O) groups is 1. The summed E-state index contributed by atoms with van der Waals surface area (Å²) in [5, 5.41) is 7.64. The lowest BCUT2D eigenvalue weighted by molar-refractivity contribution is 0.101. The molecule has 0 amide bonds. The molecule has 0 aliphatic heterocycles. The maximum Gasteiger partial charge on any atom is 0.177 e. The highest BCUT2D eigenvalue weighted by Gasteiger charge is 2.08. The van der Waals surface area contributed by atoms with E-state index in [1.807, 2.05) is 0 Å². The van der Waals surface area contributed by atoms with Crippen LogP contribution in [0.25, 0.3) is 11.5 Å². The van der Waals surface area contributed by atoms with E-state index >= 15 is 0 Å². The van der Waals surface area contributed by atoms with Gasteiger partial charge in [-0.3, -0.25) is 9.48 Å². The molecule has 6 heteroatoms. The zero-order valence-electron chi connectivity index (χ0n) is 7.85. The highest BCUT2D eigenvalue weighted by atomic mass is 16.1. The van der Waals surface area contributed by atoms with Gasteiger partial charge in [0, 0.05) is 14.0 Å². The van der Waals surface area contributed by atoms with Crippen molar-refractivity contribution in [1.82, 2.24) is 25.0 Å². The van der Waals surface area contributed by atoms with Crippen LogP contribution in [0.3, 0.4) is 0 Å². The van der Waals surface area contributed by atoms with Crippen molar-refractivity contribution in [3.8, 4) is 11.5 Å². The SMILES string of the molecule is CC(=O)c1cnc(-c2cn(C)nn2)[nH]1. The van der Waals surface area contributed by atoms with Crippen LogP contribution in [0.5, 0.6) is 0 Å². The number of carbonyl (C=O) groups excluding carboxylic acids is 1. The molecule has 0 unspecified atom stereocenters. The van der Waals surface area contributed by atoms with Crippen LogP contribution in [0.2, 0.25) is 0 Å². The molecule has 0 atom stereocenters. The van der Waals surface area contributed by atoms with Gasteiger partial charge in [0.05, 0.1) is 12.4 Å². The molecule has 14 heavy (non-hydrogen) atoms. The van der Waals surface area contributed by atoms with E-state index in [0.29, 0.717) is 17.2 Å². The van der Waals surface area contributed by atoms with Crippen molar-refractivity contribution in [3.63, 3.8) is 0 Å². The van der Waals surface area contributed by atoms with Gasteiger partial charge in [0.25, 0.3) is 0 Å². The Kier molecular flexibility index (Phi) is 1.88. The Labute approximate surface area is 80.0 Å². The van der Waals surface area contributed by atoms with E-state index in [1.165, 1.54) is 13.1 Å². The summed E-state index contributed by atoms with van der Waals surface area (Å²) < 4.78 is 1.57. The lowest BCUT2D eigenvalue weighted by Gasteiger charge is -1.87. The van der Waals surface area contributed by atoms with Gasteiger partial charge in [-0.25, -0.2) is 4.98 Å². The number of rotatable bonds is 2. The number of imidazole rings is 1. The molecular formula is C8H9N5O. The number of hydrogen-bond donors (Lipinski definition) is 1. The number of Topliss-reactive ketones (excluding diaryl/α,β-unsaturated/α-hetero) is 1. The van der Waals surface area contributed by atoms with Crippen LogP contribution in [0, 0.1) is 0 Å². The van der Waals surface area contributed by atoms with Crippen molar-refractivity contribution in [3.05, 3.63) is 18.1 Å². The van der Waals surface area contributed by atoms with Gasteiger partial charge in [-0.2, -0.15) is 0 Å². The predicted octanol–water partition coefficient (Wildman–Crippen LogP) is 0.408. The maximum absolute atomic E-state index is 11.0. The van der Waals surface area contributed by atoms with E-state index in [0.717, 1.165) is 0 Å². The third-order valence-electron chi connectivity index (χ3n) is 1.80. The molecule has 0 aliphatic rings. The number of ketones is 1. The van der Waals surface area contributed by atoms with Gasteiger partial charge in [-0.15, -0.1) is 5.10 Å². The first-order chi connectivity index (χ1) is 6.66. The molecule has 0 spiro atoms. The van der Waals surface area contributed by atoms with Crippen molar-refractivity contribution in [2.75, 3.05) is 0 Å². The second-order valence-electron chi connectivity index (χ2n) is 2.98. The van der Waals surface area contributed by atoms with Crippen LogP contribution in [-0.4, -0.2) is 30.7 Å². The fourth-order valence-corrected chi connectivity index (χ4v) is 1.09. The van der Waals surface area contributed by atoms with Crippen molar-refractivity contribution in [2.45, 2.75) is 6.92 Å². The van der Waals surface area contributed by atoms with E-state index in [4.69, 9.17) is 0 Å². The van der Waals surface area contributed by atoms with Crippen LogP contribution in [0.15, 0.2) is 12.4 Å². The lowest BCUT2D eigenvalue weighted by Crippen LogP contribution is -1.91. The smallest absolute Gasteiger partial charge is 0.177 e. The zero-order chi connectivity index (χ0) is 10.1. The quantitative estimate of drug-likeness (QED) is 0.697. The maximum atomic E-state index is 11.0. The molecular weight excluding hydrogens is 182 g/mol. The van der Waals surface area contributed by atoms with Crippen molar-refractivity contribution in [2.24, 2.45) is 7.05 Å². The molecule has 6 nitrogen and oxygen atoms in total. The third kappa shape index (κ3) is 1.41. The average molecular weight is 191 g/mol. The fourth-order valence-electron chi connectivity index (χ4n) is 1.09. The number of nitrogens with zero attached hydrogens (tertiary/aromatic N) is 4. The summed E-state index contributed by atoms with van der Waals surface area (Å²) in [6, 6.07) is 0. The summed E-state index contributed by atoms with van der Waals surface area (Å²) in [4.78, 5) is 17.9. The summed E-state index contributed by atoms with van der Waals surface area (Å²) in [6.07, 6.45) is 3.22. The van der Waals surface area contributed by atoms with Gasteiger partial charge >= 0.3 is 0 Å². The Morgan fingerprint density at radius 2 is 2.36 bits per heavy atom. The molecule has 2 rings (SSSR count). The van der Waals surface area contributed by atoms with E-state index in [-0.39, 0.29) is 5.78 Å². The first-order valence-electron chi connectivity index (χ1n) is 4.09. The van der Waals surface area contributed by atoms with Crippen LogP contribution < -0.4 is 0 Å². The largest absolute Gasteiger partial charge is 0.334 e. The van der Waals surface area contributed by atoms with Gasteiger partial charge in [0.1, 0.15) is 11.4 Å². The first kappa shape index (κ1) is 8.61. The molecule has 2 aromatic heterocycles. The summed E-state index contributed by atoms with van der Waals surface area (Å²) in [5.74, 6) is 0.510.